The second kappa shape index (κ2) is 7.51. The minimum atomic E-state index is -1.69. The van der Waals surface area contributed by atoms with Crippen LogP contribution in [0.15, 0.2) is 24.3 Å². The van der Waals surface area contributed by atoms with E-state index in [2.05, 4.69) is 5.32 Å². The highest BCUT2D eigenvalue weighted by Crippen LogP contribution is 2.34. The van der Waals surface area contributed by atoms with Gasteiger partial charge in [-0.15, -0.1) is 0 Å². The molecule has 2 aromatic carbocycles. The lowest BCUT2D eigenvalue weighted by Crippen LogP contribution is -2.30. The van der Waals surface area contributed by atoms with Crippen molar-refractivity contribution in [3.63, 3.8) is 0 Å². The molecule has 0 aliphatic carbocycles. The van der Waals surface area contributed by atoms with Gasteiger partial charge in [0.05, 0.1) is 20.8 Å². The molecule has 9 heteroatoms. The molecule has 0 fully saturated rings. The van der Waals surface area contributed by atoms with Gasteiger partial charge in [0.25, 0.3) is 5.91 Å². The lowest BCUT2D eigenvalue weighted by molar-refractivity contribution is -0.122. The average molecular weight is 399 g/mol. The van der Waals surface area contributed by atoms with Crippen LogP contribution in [0.3, 0.4) is 0 Å². The molecule has 1 atom stereocenters. The zero-order chi connectivity index (χ0) is 18.0. The van der Waals surface area contributed by atoms with Gasteiger partial charge in [-0.25, -0.2) is 13.2 Å². The van der Waals surface area contributed by atoms with Crippen molar-refractivity contribution < 1.29 is 22.7 Å². The largest absolute Gasteiger partial charge is 0.479 e. The van der Waals surface area contributed by atoms with Gasteiger partial charge >= 0.3 is 0 Å². The van der Waals surface area contributed by atoms with Gasteiger partial charge in [0, 0.05) is 6.07 Å². The van der Waals surface area contributed by atoms with Gasteiger partial charge in [-0.3, -0.25) is 4.79 Å². The second-order valence-electron chi connectivity index (χ2n) is 4.67. The minimum Gasteiger partial charge on any atom is -0.479 e. The first-order valence-corrected chi connectivity index (χ1v) is 7.59. The van der Waals surface area contributed by atoms with E-state index in [-0.39, 0.29) is 20.8 Å². The van der Waals surface area contributed by atoms with Crippen LogP contribution in [0.1, 0.15) is 6.92 Å². The van der Waals surface area contributed by atoms with Crippen LogP contribution in [0.25, 0.3) is 0 Å². The highest BCUT2D eigenvalue weighted by atomic mass is 35.5. The topological polar surface area (TPSA) is 38.3 Å². The van der Waals surface area contributed by atoms with Gasteiger partial charge < -0.3 is 10.1 Å². The maximum Gasteiger partial charge on any atom is 0.265 e. The summed E-state index contributed by atoms with van der Waals surface area (Å²) >= 11 is 17.5. The quantitative estimate of drug-likeness (QED) is 0.548. The van der Waals surface area contributed by atoms with E-state index in [4.69, 9.17) is 39.5 Å². The molecule has 0 radical (unpaired) electrons. The fraction of sp³-hybridized carbons (Fsp3) is 0.133. The lowest BCUT2D eigenvalue weighted by atomic mass is 10.2. The Kier molecular flexibility index (Phi) is 5.85. The third-order valence-corrected chi connectivity index (χ3v) is 3.96. The fourth-order valence-electron chi connectivity index (χ4n) is 1.70. The molecular weight excluding hydrogens is 390 g/mol. The number of carbonyl (C=O) groups excluding carboxylic acids is 1. The van der Waals surface area contributed by atoms with E-state index in [1.54, 1.807) is 0 Å². The average Bonchev–Trinajstić information content (AvgIpc) is 2.53. The van der Waals surface area contributed by atoms with Gasteiger partial charge in [0.1, 0.15) is 5.75 Å². The van der Waals surface area contributed by atoms with Crippen molar-refractivity contribution in [3.8, 4) is 5.75 Å². The van der Waals surface area contributed by atoms with Crippen molar-refractivity contribution in [2.24, 2.45) is 0 Å². The lowest BCUT2D eigenvalue weighted by Gasteiger charge is -2.16. The molecule has 0 spiro atoms. The van der Waals surface area contributed by atoms with Crippen molar-refractivity contribution in [1.82, 2.24) is 0 Å². The molecule has 0 bridgehead atoms. The van der Waals surface area contributed by atoms with E-state index in [1.165, 1.54) is 19.1 Å². The monoisotopic (exact) mass is 397 g/mol. The molecule has 0 saturated heterocycles. The molecule has 0 aliphatic rings. The van der Waals surface area contributed by atoms with Crippen LogP contribution in [-0.2, 0) is 4.79 Å². The Morgan fingerprint density at radius 2 is 1.67 bits per heavy atom. The number of hydrogen-bond acceptors (Lipinski definition) is 2. The first-order valence-electron chi connectivity index (χ1n) is 6.46. The molecule has 24 heavy (non-hydrogen) atoms. The Bertz CT molecular complexity index is 802. The molecule has 0 heterocycles. The number of hydrogen-bond donors (Lipinski definition) is 1. The van der Waals surface area contributed by atoms with Crippen LogP contribution < -0.4 is 10.1 Å². The van der Waals surface area contributed by atoms with E-state index in [0.717, 1.165) is 6.07 Å². The van der Waals surface area contributed by atoms with Crippen LogP contribution in [0, 0.1) is 17.5 Å². The zero-order valence-corrected chi connectivity index (χ0v) is 14.2. The van der Waals surface area contributed by atoms with Crippen molar-refractivity contribution >= 4 is 46.4 Å². The Hall–Kier alpha value is -1.63. The molecular formula is C15H9Cl3F3NO2. The summed E-state index contributed by atoms with van der Waals surface area (Å²) in [5.74, 6) is -5.28. The Labute approximate surface area is 150 Å². The van der Waals surface area contributed by atoms with Crippen LogP contribution in [0.2, 0.25) is 15.1 Å². The summed E-state index contributed by atoms with van der Waals surface area (Å²) in [7, 11) is 0. The van der Waals surface area contributed by atoms with E-state index >= 15 is 0 Å². The van der Waals surface area contributed by atoms with Crippen LogP contribution >= 0.6 is 34.8 Å². The number of nitrogens with one attached hydrogen (secondary N) is 1. The molecule has 1 N–H and O–H groups in total. The van der Waals surface area contributed by atoms with Crippen molar-refractivity contribution in [3.05, 3.63) is 56.8 Å². The summed E-state index contributed by atoms with van der Waals surface area (Å²) in [6, 6.07) is 4.23. The van der Waals surface area contributed by atoms with Gasteiger partial charge in [-0.1, -0.05) is 34.8 Å². The van der Waals surface area contributed by atoms with Crippen molar-refractivity contribution in [2.45, 2.75) is 13.0 Å². The second-order valence-corrected chi connectivity index (χ2v) is 5.89. The molecule has 3 nitrogen and oxygen atoms in total. The normalized spacial score (nSPS) is 12.0. The SMILES string of the molecule is C[C@H](Oc1cc(Cl)c(Cl)cc1Cl)C(=O)Nc1ccc(F)c(F)c1F. The van der Waals surface area contributed by atoms with Crippen LogP contribution in [-0.4, -0.2) is 12.0 Å². The predicted octanol–water partition coefficient (Wildman–Crippen LogP) is 5.47. The standard InChI is InChI=1S/C15H9Cl3F3NO2/c1-6(24-12-5-8(17)7(16)4-9(12)18)15(23)22-11-3-2-10(19)13(20)14(11)21/h2-6H,1H3,(H,22,23)/t6-/m0/s1. The molecule has 0 saturated carbocycles. The van der Waals surface area contributed by atoms with Gasteiger partial charge in [0.2, 0.25) is 0 Å². The zero-order valence-electron chi connectivity index (χ0n) is 12.0. The number of halogens is 6. The summed E-state index contributed by atoms with van der Waals surface area (Å²) < 4.78 is 44.9. The van der Waals surface area contributed by atoms with Crippen LogP contribution in [0.4, 0.5) is 18.9 Å². The molecule has 0 aliphatic heterocycles. The van der Waals surface area contributed by atoms with Crippen molar-refractivity contribution in [2.75, 3.05) is 5.32 Å². The van der Waals surface area contributed by atoms with E-state index in [9.17, 15) is 18.0 Å². The predicted molar refractivity (Wildman–Crippen MR) is 86.5 cm³/mol. The number of amides is 1. The summed E-state index contributed by atoms with van der Waals surface area (Å²) in [5.41, 5.74) is -0.519. The molecule has 1 amide bonds. The molecule has 0 aromatic heterocycles. The first kappa shape index (κ1) is 18.7. The molecule has 128 valence electrons. The number of anilines is 1. The summed E-state index contributed by atoms with van der Waals surface area (Å²) in [4.78, 5) is 12.0. The maximum atomic E-state index is 13.6. The number of ether oxygens (including phenoxy) is 1. The smallest absolute Gasteiger partial charge is 0.265 e. The van der Waals surface area contributed by atoms with E-state index in [0.29, 0.717) is 6.07 Å². The first-order chi connectivity index (χ1) is 11.2. The van der Waals surface area contributed by atoms with Gasteiger partial charge in [-0.05, 0) is 25.1 Å². The summed E-state index contributed by atoms with van der Waals surface area (Å²) in [6.45, 7) is 1.35. The van der Waals surface area contributed by atoms with Gasteiger partial charge in [-0.2, -0.15) is 0 Å². The highest BCUT2D eigenvalue weighted by Gasteiger charge is 2.21. The molecule has 0 unspecified atom stereocenters. The maximum absolute atomic E-state index is 13.6. The molecule has 2 aromatic rings. The summed E-state index contributed by atoms with van der Waals surface area (Å²) in [6.07, 6.45) is -1.13. The number of rotatable bonds is 4. The number of carbonyl (C=O) groups is 1. The number of benzene rings is 2. The molecule has 2 rings (SSSR count). The fourth-order valence-corrected chi connectivity index (χ4v) is 2.28. The van der Waals surface area contributed by atoms with Gasteiger partial charge in [0.15, 0.2) is 23.6 Å². The van der Waals surface area contributed by atoms with Crippen molar-refractivity contribution in [1.29, 1.82) is 0 Å². The Morgan fingerprint density at radius 1 is 1.04 bits per heavy atom. The van der Waals surface area contributed by atoms with E-state index in [1.807, 2.05) is 0 Å². The van der Waals surface area contributed by atoms with E-state index < -0.39 is 35.2 Å². The Balaban J connectivity index is 2.13. The highest BCUT2D eigenvalue weighted by molar-refractivity contribution is 6.43. The minimum absolute atomic E-state index is 0.0828. The van der Waals surface area contributed by atoms with Crippen LogP contribution in [0.5, 0.6) is 5.75 Å². The summed E-state index contributed by atoms with van der Waals surface area (Å²) in [5, 5.41) is 2.58. The Morgan fingerprint density at radius 3 is 2.33 bits per heavy atom. The third-order valence-electron chi connectivity index (χ3n) is 2.94. The third kappa shape index (κ3) is 4.06.